The van der Waals surface area contributed by atoms with Crippen LogP contribution in [0, 0.1) is 28.6 Å². The number of hydrogen-bond acceptors (Lipinski definition) is 3. The first-order valence-corrected chi connectivity index (χ1v) is 11.0. The van der Waals surface area contributed by atoms with Gasteiger partial charge in [-0.05, 0) is 79.1 Å². The maximum absolute atomic E-state index is 10.2. The van der Waals surface area contributed by atoms with E-state index in [0.29, 0.717) is 17.2 Å². The van der Waals surface area contributed by atoms with Crippen LogP contribution in [0.2, 0.25) is 0 Å². The van der Waals surface area contributed by atoms with Gasteiger partial charge in [-0.25, -0.2) is 4.98 Å². The molecule has 6 rings (SSSR count). The number of aromatic nitrogens is 2. The predicted octanol–water partition coefficient (Wildman–Crippen LogP) is 5.24. The number of aliphatic hydroxyl groups is 1. The van der Waals surface area contributed by atoms with E-state index in [1.165, 1.54) is 37.0 Å². The molecule has 0 bridgehead atoms. The lowest BCUT2D eigenvalue weighted by atomic mass is 9.47. The van der Waals surface area contributed by atoms with Crippen LogP contribution in [-0.4, -0.2) is 20.6 Å². The SMILES string of the molecule is CC12CCC3C(CC=C4CC(O)CC[C@@]43C)C1CC=C2c1cnc2occn12. The number of imidazole rings is 1. The number of rotatable bonds is 1. The fraction of sp³-hybridized carbons (Fsp3) is 0.625. The molecule has 2 fully saturated rings. The maximum atomic E-state index is 10.2. The third-order valence-electron chi connectivity index (χ3n) is 9.08. The van der Waals surface area contributed by atoms with Gasteiger partial charge in [0.1, 0.15) is 6.26 Å². The first kappa shape index (κ1) is 17.1. The van der Waals surface area contributed by atoms with E-state index < -0.39 is 0 Å². The zero-order chi connectivity index (χ0) is 19.1. The average molecular weight is 379 g/mol. The predicted molar refractivity (Wildman–Crippen MR) is 109 cm³/mol. The van der Waals surface area contributed by atoms with Gasteiger partial charge < -0.3 is 9.52 Å². The van der Waals surface area contributed by atoms with Gasteiger partial charge in [0.25, 0.3) is 0 Å². The molecule has 4 heteroatoms. The number of aliphatic hydroxyl groups excluding tert-OH is 1. The van der Waals surface area contributed by atoms with E-state index >= 15 is 0 Å². The molecule has 4 aliphatic rings. The van der Waals surface area contributed by atoms with E-state index in [2.05, 4.69) is 35.4 Å². The van der Waals surface area contributed by atoms with E-state index in [4.69, 9.17) is 4.42 Å². The Morgan fingerprint density at radius 1 is 1.11 bits per heavy atom. The molecule has 0 aliphatic heterocycles. The largest absolute Gasteiger partial charge is 0.432 e. The minimum Gasteiger partial charge on any atom is -0.432 e. The van der Waals surface area contributed by atoms with Crippen LogP contribution in [0.25, 0.3) is 11.4 Å². The molecule has 0 radical (unpaired) electrons. The highest BCUT2D eigenvalue weighted by atomic mass is 16.3. The quantitative estimate of drug-likeness (QED) is 0.690. The summed E-state index contributed by atoms with van der Waals surface area (Å²) in [4.78, 5) is 4.47. The van der Waals surface area contributed by atoms with Crippen LogP contribution in [0.15, 0.2) is 40.8 Å². The molecule has 0 aromatic carbocycles. The summed E-state index contributed by atoms with van der Waals surface area (Å²) >= 11 is 0. The Labute approximate surface area is 166 Å². The number of hydrogen-bond donors (Lipinski definition) is 1. The van der Waals surface area contributed by atoms with Crippen LogP contribution >= 0.6 is 0 Å². The molecular formula is C24H30N2O2. The lowest BCUT2D eigenvalue weighted by molar-refractivity contribution is -0.0238. The smallest absolute Gasteiger partial charge is 0.306 e. The Bertz CT molecular complexity index is 997. The van der Waals surface area contributed by atoms with Gasteiger partial charge in [0.15, 0.2) is 0 Å². The number of nitrogens with zero attached hydrogens (tertiary/aromatic N) is 2. The van der Waals surface area contributed by atoms with Crippen molar-refractivity contribution in [3.05, 3.63) is 42.1 Å². The van der Waals surface area contributed by atoms with Crippen molar-refractivity contribution < 1.29 is 9.52 Å². The monoisotopic (exact) mass is 378 g/mol. The Balaban J connectivity index is 1.36. The first-order valence-electron chi connectivity index (χ1n) is 11.0. The van der Waals surface area contributed by atoms with Gasteiger partial charge in [0.05, 0.1) is 18.0 Å². The van der Waals surface area contributed by atoms with Gasteiger partial charge in [0.2, 0.25) is 0 Å². The van der Waals surface area contributed by atoms with Gasteiger partial charge in [0, 0.05) is 6.20 Å². The normalized spacial score (nSPS) is 42.5. The summed E-state index contributed by atoms with van der Waals surface area (Å²) in [6, 6.07) is 0. The molecule has 0 spiro atoms. The molecule has 4 nitrogen and oxygen atoms in total. The zero-order valence-electron chi connectivity index (χ0n) is 16.9. The van der Waals surface area contributed by atoms with Crippen molar-refractivity contribution in [2.45, 2.75) is 64.9 Å². The molecule has 0 saturated heterocycles. The van der Waals surface area contributed by atoms with E-state index in [-0.39, 0.29) is 11.5 Å². The highest BCUT2D eigenvalue weighted by Gasteiger charge is 2.57. The third kappa shape index (κ3) is 2.07. The topological polar surface area (TPSA) is 50.7 Å². The fourth-order valence-electron chi connectivity index (χ4n) is 7.53. The molecule has 148 valence electrons. The van der Waals surface area contributed by atoms with Gasteiger partial charge in [-0.1, -0.05) is 31.6 Å². The lowest BCUT2D eigenvalue weighted by Gasteiger charge is -2.57. The minimum atomic E-state index is -0.122. The van der Waals surface area contributed by atoms with Gasteiger partial charge >= 0.3 is 5.84 Å². The molecule has 4 aliphatic carbocycles. The van der Waals surface area contributed by atoms with E-state index in [1.54, 1.807) is 11.8 Å². The zero-order valence-corrected chi connectivity index (χ0v) is 16.9. The molecular weight excluding hydrogens is 348 g/mol. The Morgan fingerprint density at radius 2 is 1.96 bits per heavy atom. The first-order chi connectivity index (χ1) is 13.5. The van der Waals surface area contributed by atoms with Crippen molar-refractivity contribution in [1.82, 2.24) is 9.38 Å². The number of oxazole rings is 1. The summed E-state index contributed by atoms with van der Waals surface area (Å²) in [5.41, 5.74) is 4.78. The number of fused-ring (bicyclic) bond motifs is 6. The van der Waals surface area contributed by atoms with E-state index in [0.717, 1.165) is 31.1 Å². The Morgan fingerprint density at radius 3 is 2.86 bits per heavy atom. The van der Waals surface area contributed by atoms with Crippen molar-refractivity contribution >= 4 is 11.4 Å². The summed E-state index contributed by atoms with van der Waals surface area (Å²) in [6.07, 6.45) is 18.5. The Hall–Kier alpha value is -1.81. The number of allylic oxidation sites excluding steroid dienone is 3. The van der Waals surface area contributed by atoms with Gasteiger partial charge in [-0.15, -0.1) is 0 Å². The van der Waals surface area contributed by atoms with Crippen LogP contribution in [-0.2, 0) is 0 Å². The van der Waals surface area contributed by atoms with Crippen LogP contribution < -0.4 is 0 Å². The van der Waals surface area contributed by atoms with E-state index in [9.17, 15) is 5.11 Å². The fourth-order valence-corrected chi connectivity index (χ4v) is 7.53. The molecule has 28 heavy (non-hydrogen) atoms. The summed E-state index contributed by atoms with van der Waals surface area (Å²) in [5, 5.41) is 10.2. The van der Waals surface area contributed by atoms with Crippen molar-refractivity contribution in [2.24, 2.45) is 28.6 Å². The molecule has 6 atom stereocenters. The van der Waals surface area contributed by atoms with Crippen LogP contribution in [0.3, 0.4) is 0 Å². The highest BCUT2D eigenvalue weighted by molar-refractivity contribution is 5.72. The lowest BCUT2D eigenvalue weighted by Crippen LogP contribution is -2.49. The van der Waals surface area contributed by atoms with Crippen molar-refractivity contribution in [3.8, 4) is 0 Å². The summed E-state index contributed by atoms with van der Waals surface area (Å²) in [7, 11) is 0. The third-order valence-corrected chi connectivity index (χ3v) is 9.08. The molecule has 2 heterocycles. The molecule has 5 unspecified atom stereocenters. The minimum absolute atomic E-state index is 0.122. The summed E-state index contributed by atoms with van der Waals surface area (Å²) in [6.45, 7) is 5.00. The summed E-state index contributed by atoms with van der Waals surface area (Å²) in [5.74, 6) is 2.92. The van der Waals surface area contributed by atoms with Gasteiger partial charge in [-0.3, -0.25) is 4.40 Å². The maximum Gasteiger partial charge on any atom is 0.306 e. The molecule has 2 aromatic rings. The highest BCUT2D eigenvalue weighted by Crippen LogP contribution is 2.66. The van der Waals surface area contributed by atoms with Crippen LogP contribution in [0.4, 0.5) is 0 Å². The van der Waals surface area contributed by atoms with Crippen molar-refractivity contribution in [2.75, 3.05) is 0 Å². The Kier molecular flexibility index (Phi) is 3.43. The van der Waals surface area contributed by atoms with Crippen LogP contribution in [0.5, 0.6) is 0 Å². The second kappa shape index (κ2) is 5.63. The van der Waals surface area contributed by atoms with Crippen molar-refractivity contribution in [3.63, 3.8) is 0 Å². The average Bonchev–Trinajstić information content (AvgIpc) is 3.36. The summed E-state index contributed by atoms with van der Waals surface area (Å²) < 4.78 is 7.60. The van der Waals surface area contributed by atoms with E-state index in [1.807, 2.05) is 12.4 Å². The van der Waals surface area contributed by atoms with Gasteiger partial charge in [-0.2, -0.15) is 0 Å². The molecule has 2 aromatic heterocycles. The standard InChI is InChI=1S/C24H30N2O2/c1-23-9-7-16(27)13-15(23)3-4-17-18-5-6-20(24(18,2)10-8-19(17)23)21-14-25-22-26(21)11-12-28-22/h3,6,11-12,14,16-19,27H,4-5,7-10,13H2,1-2H3/t16?,17?,18?,19?,23-,24?/m0/s1. The second-order valence-electron chi connectivity index (χ2n) is 10.2. The van der Waals surface area contributed by atoms with Crippen LogP contribution in [0.1, 0.15) is 64.5 Å². The molecule has 2 saturated carbocycles. The molecule has 0 amide bonds. The second-order valence-corrected chi connectivity index (χ2v) is 10.2. The molecule has 1 N–H and O–H groups in total. The van der Waals surface area contributed by atoms with Crippen molar-refractivity contribution in [1.29, 1.82) is 0 Å².